The van der Waals surface area contributed by atoms with Gasteiger partial charge in [-0.25, -0.2) is 4.79 Å². The quantitative estimate of drug-likeness (QED) is 0.368. The van der Waals surface area contributed by atoms with E-state index in [9.17, 15) is 14.4 Å². The highest BCUT2D eigenvalue weighted by atomic mass is 16.5. The van der Waals surface area contributed by atoms with Crippen LogP contribution < -0.4 is 15.8 Å². The summed E-state index contributed by atoms with van der Waals surface area (Å²) >= 11 is 0. The fraction of sp³-hybridized carbons (Fsp3) is 0.125. The zero-order chi connectivity index (χ0) is 21.6. The molecule has 4 aromatic rings. The Morgan fingerprint density at radius 3 is 2.55 bits per heavy atom. The van der Waals surface area contributed by atoms with Crippen LogP contribution in [0.5, 0.6) is 5.75 Å². The van der Waals surface area contributed by atoms with Gasteiger partial charge < -0.3 is 14.5 Å². The zero-order valence-electron chi connectivity index (χ0n) is 16.6. The van der Waals surface area contributed by atoms with Crippen molar-refractivity contribution in [2.45, 2.75) is 19.5 Å². The summed E-state index contributed by atoms with van der Waals surface area (Å²) in [5.74, 6) is -1.04. The molecule has 0 radical (unpaired) electrons. The first-order valence-corrected chi connectivity index (χ1v) is 9.81. The molecule has 0 saturated carbocycles. The van der Waals surface area contributed by atoms with Gasteiger partial charge in [0.15, 0.2) is 5.58 Å². The first kappa shape index (κ1) is 20.2. The molecule has 0 aliphatic carbocycles. The van der Waals surface area contributed by atoms with Crippen molar-refractivity contribution in [2.75, 3.05) is 0 Å². The lowest BCUT2D eigenvalue weighted by Gasteiger charge is -2.08. The molecule has 1 amide bonds. The van der Waals surface area contributed by atoms with Gasteiger partial charge in [-0.15, -0.1) is 0 Å². The highest BCUT2D eigenvalue weighted by molar-refractivity contribution is 5.94. The third kappa shape index (κ3) is 4.90. The smallest absolute Gasteiger partial charge is 0.419 e. The third-order valence-corrected chi connectivity index (χ3v) is 4.74. The molecule has 0 bridgehead atoms. The topological polar surface area (TPSA) is 90.5 Å². The monoisotopic (exact) mass is 416 g/mol. The van der Waals surface area contributed by atoms with Crippen LogP contribution in [0.2, 0.25) is 0 Å². The van der Waals surface area contributed by atoms with Gasteiger partial charge in [0.25, 0.3) is 5.91 Å². The molecule has 4 rings (SSSR count). The minimum atomic E-state index is -0.522. The van der Waals surface area contributed by atoms with Crippen LogP contribution in [0.15, 0.2) is 88.1 Å². The molecule has 1 N–H and O–H groups in total. The van der Waals surface area contributed by atoms with Gasteiger partial charge in [-0.1, -0.05) is 48.5 Å². The molecule has 0 aliphatic rings. The molecule has 156 valence electrons. The molecular formula is C24H20N2O5. The van der Waals surface area contributed by atoms with E-state index in [2.05, 4.69) is 5.32 Å². The van der Waals surface area contributed by atoms with Crippen LogP contribution >= 0.6 is 0 Å². The average Bonchev–Trinajstić information content (AvgIpc) is 3.12. The summed E-state index contributed by atoms with van der Waals surface area (Å²) in [6.45, 7) is 0.531. The number of esters is 1. The average molecular weight is 416 g/mol. The summed E-state index contributed by atoms with van der Waals surface area (Å²) in [4.78, 5) is 36.7. The van der Waals surface area contributed by atoms with E-state index in [1.54, 1.807) is 42.5 Å². The molecule has 1 heterocycles. The standard InChI is InChI=1S/C24H20N2O5/c27-22(13-14-26-20-11-4-5-12-21(20)31-24(26)29)30-19-10-6-9-18(15-19)23(28)25-16-17-7-2-1-3-8-17/h1-12,15H,13-14,16H2,(H,25,28). The van der Waals surface area contributed by atoms with Crippen molar-refractivity contribution in [1.29, 1.82) is 0 Å². The van der Waals surface area contributed by atoms with E-state index in [1.807, 2.05) is 30.3 Å². The number of para-hydroxylation sites is 2. The number of carbonyl (C=O) groups is 2. The Bertz CT molecular complexity index is 1270. The maximum absolute atomic E-state index is 12.4. The van der Waals surface area contributed by atoms with Crippen LogP contribution in [0.4, 0.5) is 0 Å². The number of hydrogen-bond donors (Lipinski definition) is 1. The number of benzene rings is 3. The number of aryl methyl sites for hydroxylation is 1. The van der Waals surface area contributed by atoms with Crippen LogP contribution in [-0.2, 0) is 17.9 Å². The summed E-state index contributed by atoms with van der Waals surface area (Å²) in [6.07, 6.45) is -0.0200. The number of nitrogens with one attached hydrogen (secondary N) is 1. The lowest BCUT2D eigenvalue weighted by molar-refractivity contribution is -0.134. The van der Waals surface area contributed by atoms with Crippen LogP contribution in [0.25, 0.3) is 11.1 Å². The van der Waals surface area contributed by atoms with Crippen LogP contribution in [0.1, 0.15) is 22.3 Å². The van der Waals surface area contributed by atoms with Gasteiger partial charge in [-0.3, -0.25) is 14.2 Å². The number of fused-ring (bicyclic) bond motifs is 1. The Balaban J connectivity index is 1.35. The Labute approximate surface area is 177 Å². The van der Waals surface area contributed by atoms with Crippen LogP contribution in [0, 0.1) is 0 Å². The first-order valence-electron chi connectivity index (χ1n) is 9.81. The van der Waals surface area contributed by atoms with E-state index >= 15 is 0 Å². The highest BCUT2D eigenvalue weighted by Crippen LogP contribution is 2.16. The number of oxazole rings is 1. The van der Waals surface area contributed by atoms with E-state index in [0.717, 1.165) is 5.56 Å². The van der Waals surface area contributed by atoms with Gasteiger partial charge in [-0.2, -0.15) is 0 Å². The molecule has 7 nitrogen and oxygen atoms in total. The minimum Gasteiger partial charge on any atom is -0.426 e. The Kier molecular flexibility index (Phi) is 5.93. The molecule has 3 aromatic carbocycles. The maximum atomic E-state index is 12.4. The number of ether oxygens (including phenoxy) is 1. The molecule has 0 saturated heterocycles. The van der Waals surface area contributed by atoms with E-state index in [1.165, 1.54) is 10.6 Å². The minimum absolute atomic E-state index is 0.0200. The molecule has 1 aromatic heterocycles. The van der Waals surface area contributed by atoms with Gasteiger partial charge in [0.05, 0.1) is 11.9 Å². The largest absolute Gasteiger partial charge is 0.426 e. The second-order valence-electron chi connectivity index (χ2n) is 6.91. The second-order valence-corrected chi connectivity index (χ2v) is 6.91. The third-order valence-electron chi connectivity index (χ3n) is 4.74. The number of amides is 1. The van der Waals surface area contributed by atoms with E-state index < -0.39 is 11.7 Å². The van der Waals surface area contributed by atoms with Crippen molar-refractivity contribution in [3.05, 3.63) is 101 Å². The Hall–Kier alpha value is -4.13. The van der Waals surface area contributed by atoms with Gasteiger partial charge >= 0.3 is 11.7 Å². The van der Waals surface area contributed by atoms with Gasteiger partial charge in [-0.05, 0) is 35.9 Å². The predicted octanol–water partition coefficient (Wildman–Crippen LogP) is 3.52. The Morgan fingerprint density at radius 2 is 1.71 bits per heavy atom. The van der Waals surface area contributed by atoms with E-state index in [-0.39, 0.29) is 24.6 Å². The molecule has 0 unspecified atom stereocenters. The Morgan fingerprint density at radius 1 is 0.935 bits per heavy atom. The van der Waals surface area contributed by atoms with Crippen molar-refractivity contribution in [3.63, 3.8) is 0 Å². The second kappa shape index (κ2) is 9.13. The van der Waals surface area contributed by atoms with Crippen LogP contribution in [-0.4, -0.2) is 16.4 Å². The predicted molar refractivity (Wildman–Crippen MR) is 115 cm³/mol. The number of nitrogens with zero attached hydrogens (tertiary/aromatic N) is 1. The van der Waals surface area contributed by atoms with Crippen molar-refractivity contribution in [1.82, 2.24) is 9.88 Å². The van der Waals surface area contributed by atoms with Gasteiger partial charge in [0.2, 0.25) is 0 Å². The van der Waals surface area contributed by atoms with Crippen molar-refractivity contribution >= 4 is 23.0 Å². The van der Waals surface area contributed by atoms with Crippen molar-refractivity contribution in [2.24, 2.45) is 0 Å². The molecular weight excluding hydrogens is 396 g/mol. The van der Waals surface area contributed by atoms with E-state index in [4.69, 9.17) is 9.15 Å². The summed E-state index contributed by atoms with van der Waals surface area (Å²) < 4.78 is 11.9. The maximum Gasteiger partial charge on any atom is 0.419 e. The van der Waals surface area contributed by atoms with Crippen molar-refractivity contribution < 1.29 is 18.7 Å². The highest BCUT2D eigenvalue weighted by Gasteiger charge is 2.13. The van der Waals surface area contributed by atoms with Gasteiger partial charge in [0.1, 0.15) is 5.75 Å². The SMILES string of the molecule is O=C(CCn1c(=O)oc2ccccc21)Oc1cccc(C(=O)NCc2ccccc2)c1. The molecule has 31 heavy (non-hydrogen) atoms. The van der Waals surface area contributed by atoms with Crippen molar-refractivity contribution in [3.8, 4) is 5.75 Å². The summed E-state index contributed by atoms with van der Waals surface area (Å²) in [5.41, 5.74) is 2.46. The summed E-state index contributed by atoms with van der Waals surface area (Å²) in [6, 6.07) is 23.0. The number of aromatic nitrogens is 1. The molecule has 7 heteroatoms. The fourth-order valence-corrected chi connectivity index (χ4v) is 3.19. The van der Waals surface area contributed by atoms with Crippen LogP contribution in [0.3, 0.4) is 0 Å². The van der Waals surface area contributed by atoms with Gasteiger partial charge in [0, 0.05) is 18.7 Å². The van der Waals surface area contributed by atoms with E-state index in [0.29, 0.717) is 23.2 Å². The lowest BCUT2D eigenvalue weighted by Crippen LogP contribution is -2.23. The molecule has 0 aliphatic heterocycles. The normalized spacial score (nSPS) is 10.7. The summed E-state index contributed by atoms with van der Waals surface area (Å²) in [5, 5.41) is 2.83. The molecule has 0 atom stereocenters. The number of hydrogen-bond acceptors (Lipinski definition) is 5. The number of rotatable bonds is 7. The lowest BCUT2D eigenvalue weighted by atomic mass is 10.2. The zero-order valence-corrected chi connectivity index (χ0v) is 16.6. The summed E-state index contributed by atoms with van der Waals surface area (Å²) in [7, 11) is 0. The molecule has 0 fully saturated rings. The number of carbonyl (C=O) groups excluding carboxylic acids is 2. The first-order chi connectivity index (χ1) is 15.1. The molecule has 0 spiro atoms. The fourth-order valence-electron chi connectivity index (χ4n) is 3.19.